The summed E-state index contributed by atoms with van der Waals surface area (Å²) in [4.78, 5) is 15.3. The lowest BCUT2D eigenvalue weighted by atomic mass is 9.98. The first-order valence-electron chi connectivity index (χ1n) is 5.09. The first-order valence-corrected chi connectivity index (χ1v) is 6.08. The largest absolute Gasteiger partial charge is 0.309 e. The fourth-order valence-corrected chi connectivity index (χ4v) is 2.99. The highest BCUT2D eigenvalue weighted by Crippen LogP contribution is 2.32. The molecule has 1 aliphatic rings. The standard InChI is InChI=1S/C12H15NOS/c1-13(2)7-9-8-15-11-6-4-3-5-10(11)12(9)14/h3-6,9H,7-8H2,1-2H3. The van der Waals surface area contributed by atoms with E-state index in [1.54, 1.807) is 11.8 Å². The molecule has 0 saturated carbocycles. The molecule has 0 fully saturated rings. The van der Waals surface area contributed by atoms with Gasteiger partial charge in [-0.05, 0) is 20.2 Å². The van der Waals surface area contributed by atoms with Crippen LogP contribution in [-0.4, -0.2) is 37.1 Å². The minimum atomic E-state index is 0.153. The lowest BCUT2D eigenvalue weighted by Crippen LogP contribution is -2.32. The van der Waals surface area contributed by atoms with Crippen LogP contribution in [0.3, 0.4) is 0 Å². The Morgan fingerprint density at radius 1 is 1.40 bits per heavy atom. The van der Waals surface area contributed by atoms with Crippen molar-refractivity contribution in [3.05, 3.63) is 29.8 Å². The second-order valence-electron chi connectivity index (χ2n) is 4.13. The zero-order valence-electron chi connectivity index (χ0n) is 9.06. The molecule has 1 unspecified atom stereocenters. The zero-order valence-corrected chi connectivity index (χ0v) is 9.88. The molecule has 0 aliphatic carbocycles. The molecule has 1 aromatic rings. The third kappa shape index (κ3) is 2.24. The van der Waals surface area contributed by atoms with E-state index in [-0.39, 0.29) is 5.92 Å². The van der Waals surface area contributed by atoms with Crippen molar-refractivity contribution in [2.45, 2.75) is 4.90 Å². The summed E-state index contributed by atoms with van der Waals surface area (Å²) in [5.74, 6) is 1.37. The van der Waals surface area contributed by atoms with Gasteiger partial charge in [-0.1, -0.05) is 18.2 Å². The maximum absolute atomic E-state index is 12.1. The Kier molecular flexibility index (Phi) is 3.12. The van der Waals surface area contributed by atoms with Gasteiger partial charge < -0.3 is 4.90 Å². The molecule has 2 rings (SSSR count). The van der Waals surface area contributed by atoms with Gasteiger partial charge in [-0.15, -0.1) is 11.8 Å². The smallest absolute Gasteiger partial charge is 0.169 e. The van der Waals surface area contributed by atoms with Crippen molar-refractivity contribution in [2.75, 3.05) is 26.4 Å². The third-order valence-electron chi connectivity index (χ3n) is 2.55. The molecular weight excluding hydrogens is 206 g/mol. The van der Waals surface area contributed by atoms with E-state index in [4.69, 9.17) is 0 Å². The highest BCUT2D eigenvalue weighted by molar-refractivity contribution is 7.99. The number of rotatable bonds is 2. The van der Waals surface area contributed by atoms with Gasteiger partial charge >= 0.3 is 0 Å². The number of carbonyl (C=O) groups excluding carboxylic acids is 1. The van der Waals surface area contributed by atoms with Gasteiger partial charge in [0, 0.05) is 28.7 Å². The van der Waals surface area contributed by atoms with Crippen molar-refractivity contribution >= 4 is 17.5 Å². The Labute approximate surface area is 94.7 Å². The second-order valence-corrected chi connectivity index (χ2v) is 5.19. The van der Waals surface area contributed by atoms with E-state index in [9.17, 15) is 4.79 Å². The molecule has 0 spiro atoms. The molecule has 0 radical (unpaired) electrons. The monoisotopic (exact) mass is 221 g/mol. The highest BCUT2D eigenvalue weighted by Gasteiger charge is 2.27. The minimum Gasteiger partial charge on any atom is -0.309 e. The van der Waals surface area contributed by atoms with Gasteiger partial charge in [-0.3, -0.25) is 4.79 Å². The van der Waals surface area contributed by atoms with E-state index in [1.165, 1.54) is 0 Å². The molecule has 0 saturated heterocycles. The molecule has 2 nitrogen and oxygen atoms in total. The summed E-state index contributed by atoms with van der Waals surface area (Å²) >= 11 is 1.80. The maximum atomic E-state index is 12.1. The minimum absolute atomic E-state index is 0.153. The van der Waals surface area contributed by atoms with Crippen LogP contribution in [0.2, 0.25) is 0 Å². The average molecular weight is 221 g/mol. The number of nitrogens with zero attached hydrogens (tertiary/aromatic N) is 1. The molecule has 1 aromatic carbocycles. The highest BCUT2D eigenvalue weighted by atomic mass is 32.2. The van der Waals surface area contributed by atoms with Crippen LogP contribution in [0.15, 0.2) is 29.2 Å². The summed E-state index contributed by atoms with van der Waals surface area (Å²) in [6.45, 7) is 0.847. The van der Waals surface area contributed by atoms with Gasteiger partial charge in [0.15, 0.2) is 5.78 Å². The van der Waals surface area contributed by atoms with Crippen molar-refractivity contribution in [3.63, 3.8) is 0 Å². The van der Waals surface area contributed by atoms with Gasteiger partial charge in [0.05, 0.1) is 0 Å². The topological polar surface area (TPSA) is 20.3 Å². The fraction of sp³-hybridized carbons (Fsp3) is 0.417. The molecule has 0 amide bonds. The Balaban J connectivity index is 2.22. The van der Waals surface area contributed by atoms with E-state index >= 15 is 0 Å². The van der Waals surface area contributed by atoms with Crippen molar-refractivity contribution < 1.29 is 4.79 Å². The van der Waals surface area contributed by atoms with Crippen molar-refractivity contribution in [1.29, 1.82) is 0 Å². The predicted molar refractivity (Wildman–Crippen MR) is 63.5 cm³/mol. The van der Waals surface area contributed by atoms with E-state index in [0.717, 1.165) is 22.8 Å². The number of carbonyl (C=O) groups is 1. The van der Waals surface area contributed by atoms with Gasteiger partial charge in [0.2, 0.25) is 0 Å². The number of ketones is 1. The van der Waals surface area contributed by atoms with E-state index in [2.05, 4.69) is 4.90 Å². The van der Waals surface area contributed by atoms with Crippen LogP contribution >= 0.6 is 11.8 Å². The molecule has 0 aromatic heterocycles. The lowest BCUT2D eigenvalue weighted by molar-refractivity contribution is 0.0907. The summed E-state index contributed by atoms with van der Waals surface area (Å²) < 4.78 is 0. The van der Waals surface area contributed by atoms with E-state index < -0.39 is 0 Å². The van der Waals surface area contributed by atoms with Crippen molar-refractivity contribution in [2.24, 2.45) is 5.92 Å². The predicted octanol–water partition coefficient (Wildman–Crippen LogP) is 2.15. The van der Waals surface area contributed by atoms with E-state index in [1.807, 2.05) is 38.4 Å². The summed E-state index contributed by atoms with van der Waals surface area (Å²) in [6, 6.07) is 7.90. The quantitative estimate of drug-likeness (QED) is 0.763. The lowest BCUT2D eigenvalue weighted by Gasteiger charge is -2.25. The molecule has 3 heteroatoms. The molecule has 80 valence electrons. The summed E-state index contributed by atoms with van der Waals surface area (Å²) in [7, 11) is 4.02. The van der Waals surface area contributed by atoms with E-state index in [0.29, 0.717) is 5.78 Å². The zero-order chi connectivity index (χ0) is 10.8. The Hall–Kier alpha value is -0.800. The Bertz CT molecular complexity index is 376. The number of fused-ring (bicyclic) bond motifs is 1. The van der Waals surface area contributed by atoms with Gasteiger partial charge in [-0.2, -0.15) is 0 Å². The van der Waals surface area contributed by atoms with Crippen molar-refractivity contribution in [1.82, 2.24) is 4.90 Å². The van der Waals surface area contributed by atoms with Crippen LogP contribution in [0.25, 0.3) is 0 Å². The summed E-state index contributed by atoms with van der Waals surface area (Å²) in [6.07, 6.45) is 0. The maximum Gasteiger partial charge on any atom is 0.169 e. The number of hydrogen-bond acceptors (Lipinski definition) is 3. The number of thioether (sulfide) groups is 1. The van der Waals surface area contributed by atoms with Gasteiger partial charge in [0.1, 0.15) is 0 Å². The summed E-state index contributed by atoms with van der Waals surface area (Å²) in [5, 5.41) is 0. The van der Waals surface area contributed by atoms with Crippen LogP contribution in [0.1, 0.15) is 10.4 Å². The fourth-order valence-electron chi connectivity index (χ4n) is 1.86. The number of benzene rings is 1. The second kappa shape index (κ2) is 4.37. The molecule has 0 N–H and O–H groups in total. The molecule has 0 bridgehead atoms. The van der Waals surface area contributed by atoms with Crippen LogP contribution in [0.5, 0.6) is 0 Å². The Morgan fingerprint density at radius 2 is 2.13 bits per heavy atom. The van der Waals surface area contributed by atoms with Crippen LogP contribution in [0.4, 0.5) is 0 Å². The molecular formula is C12H15NOS. The average Bonchev–Trinajstić information content (AvgIpc) is 2.22. The van der Waals surface area contributed by atoms with Crippen molar-refractivity contribution in [3.8, 4) is 0 Å². The third-order valence-corrected chi connectivity index (χ3v) is 3.78. The van der Waals surface area contributed by atoms with Crippen LogP contribution < -0.4 is 0 Å². The number of Topliss-reactive ketones (excluding diaryl/α,β-unsaturated/α-hetero) is 1. The normalized spacial score (nSPS) is 20.5. The summed E-state index contributed by atoms with van der Waals surface area (Å²) in [5.41, 5.74) is 0.903. The van der Waals surface area contributed by atoms with Gasteiger partial charge in [0.25, 0.3) is 0 Å². The van der Waals surface area contributed by atoms with Gasteiger partial charge in [-0.25, -0.2) is 0 Å². The SMILES string of the molecule is CN(C)CC1CSc2ccccc2C1=O. The molecule has 1 atom stereocenters. The van der Waals surface area contributed by atoms with Crippen LogP contribution in [0, 0.1) is 5.92 Å². The molecule has 1 aliphatic heterocycles. The number of hydrogen-bond donors (Lipinski definition) is 0. The van der Waals surface area contributed by atoms with Crippen LogP contribution in [-0.2, 0) is 0 Å². The Morgan fingerprint density at radius 3 is 2.87 bits per heavy atom. The molecule has 1 heterocycles. The first-order chi connectivity index (χ1) is 7.18. The molecule has 15 heavy (non-hydrogen) atoms. The first kappa shape index (κ1) is 10.7.